The lowest BCUT2D eigenvalue weighted by Gasteiger charge is -2.07. The highest BCUT2D eigenvalue weighted by molar-refractivity contribution is 6.35. The summed E-state index contributed by atoms with van der Waals surface area (Å²) < 4.78 is 0. The summed E-state index contributed by atoms with van der Waals surface area (Å²) in [4.78, 5) is 30.9. The number of benzene rings is 1. The third-order valence-electron chi connectivity index (χ3n) is 3.52. The molecule has 0 saturated heterocycles. The fourth-order valence-corrected chi connectivity index (χ4v) is 2.42. The van der Waals surface area contributed by atoms with Gasteiger partial charge in [0.25, 0.3) is 11.5 Å². The van der Waals surface area contributed by atoms with Gasteiger partial charge in [0.15, 0.2) is 0 Å². The molecule has 6 heteroatoms. The van der Waals surface area contributed by atoms with E-state index in [2.05, 4.69) is 15.3 Å². The van der Waals surface area contributed by atoms with Crippen LogP contribution < -0.4 is 10.9 Å². The van der Waals surface area contributed by atoms with E-state index < -0.39 is 11.5 Å². The van der Waals surface area contributed by atoms with E-state index in [1.54, 1.807) is 6.07 Å². The van der Waals surface area contributed by atoms with Gasteiger partial charge in [0.05, 0.1) is 5.02 Å². The average molecular weight is 328 g/mol. The van der Waals surface area contributed by atoms with E-state index in [1.807, 2.05) is 31.2 Å². The number of nitrogens with zero attached hydrogens (tertiary/aromatic N) is 1. The molecule has 0 atom stereocenters. The summed E-state index contributed by atoms with van der Waals surface area (Å²) in [6.07, 6.45) is 1.50. The molecule has 0 fully saturated rings. The van der Waals surface area contributed by atoms with Crippen LogP contribution in [0, 0.1) is 6.92 Å². The van der Waals surface area contributed by atoms with Gasteiger partial charge in [-0.1, -0.05) is 41.4 Å². The first-order valence-corrected chi connectivity index (χ1v) is 7.43. The maximum absolute atomic E-state index is 12.3. The molecule has 2 aromatic heterocycles. The number of aromatic nitrogens is 2. The van der Waals surface area contributed by atoms with Crippen LogP contribution in [0.1, 0.15) is 21.5 Å². The van der Waals surface area contributed by atoms with Crippen LogP contribution in [0.4, 0.5) is 0 Å². The van der Waals surface area contributed by atoms with Crippen LogP contribution in [0.25, 0.3) is 11.0 Å². The zero-order chi connectivity index (χ0) is 16.4. The van der Waals surface area contributed by atoms with Gasteiger partial charge in [0.2, 0.25) is 0 Å². The summed E-state index contributed by atoms with van der Waals surface area (Å²) in [7, 11) is 0. The summed E-state index contributed by atoms with van der Waals surface area (Å²) in [5.74, 6) is -0.450. The van der Waals surface area contributed by atoms with Crippen LogP contribution in [-0.4, -0.2) is 15.9 Å². The van der Waals surface area contributed by atoms with Crippen LogP contribution in [0.15, 0.2) is 47.4 Å². The second-order valence-corrected chi connectivity index (χ2v) is 5.64. The molecule has 0 aliphatic carbocycles. The maximum atomic E-state index is 12.3. The Kier molecular flexibility index (Phi) is 4.12. The van der Waals surface area contributed by atoms with Gasteiger partial charge in [0, 0.05) is 18.1 Å². The average Bonchev–Trinajstić information content (AvgIpc) is 2.54. The minimum absolute atomic E-state index is 0.0134. The molecule has 0 bridgehead atoms. The van der Waals surface area contributed by atoms with Crippen molar-refractivity contribution in [3.63, 3.8) is 0 Å². The van der Waals surface area contributed by atoms with Gasteiger partial charge in [-0.3, -0.25) is 9.59 Å². The van der Waals surface area contributed by atoms with Crippen molar-refractivity contribution in [1.29, 1.82) is 0 Å². The van der Waals surface area contributed by atoms with Gasteiger partial charge in [-0.15, -0.1) is 0 Å². The minimum Gasteiger partial charge on any atom is -0.348 e. The lowest BCUT2D eigenvalue weighted by Crippen LogP contribution is -2.29. The number of pyridine rings is 2. The number of aromatic amines is 1. The van der Waals surface area contributed by atoms with Crippen molar-refractivity contribution < 1.29 is 4.79 Å². The molecule has 0 spiro atoms. The Bertz CT molecular complexity index is 933. The number of hydrogen-bond donors (Lipinski definition) is 2. The molecule has 0 saturated carbocycles. The van der Waals surface area contributed by atoms with Crippen molar-refractivity contribution >= 4 is 28.5 Å². The Balaban J connectivity index is 1.85. The normalized spacial score (nSPS) is 10.7. The van der Waals surface area contributed by atoms with E-state index in [0.29, 0.717) is 22.6 Å². The molecule has 0 unspecified atom stereocenters. The van der Waals surface area contributed by atoms with Crippen molar-refractivity contribution in [1.82, 2.24) is 15.3 Å². The van der Waals surface area contributed by atoms with Crippen LogP contribution >= 0.6 is 11.6 Å². The molecule has 5 nitrogen and oxygen atoms in total. The zero-order valence-corrected chi connectivity index (χ0v) is 13.1. The number of fused-ring (bicyclic) bond motifs is 1. The second-order valence-electron chi connectivity index (χ2n) is 5.24. The number of amides is 1. The first-order valence-electron chi connectivity index (χ1n) is 7.06. The van der Waals surface area contributed by atoms with Crippen molar-refractivity contribution in [2.24, 2.45) is 0 Å². The Hall–Kier alpha value is -2.66. The molecule has 1 amide bonds. The standard InChI is InChI=1S/C17H14ClN3O2/c1-10-2-4-11(5-3-10)9-20-16(22)13-8-12-14(18)6-7-19-15(12)21-17(13)23/h2-8H,9H2,1H3,(H,20,22)(H,19,21,23). The number of nitrogens with one attached hydrogen (secondary N) is 2. The molecule has 2 N–H and O–H groups in total. The Labute approximate surface area is 137 Å². The topological polar surface area (TPSA) is 74.8 Å². The molecule has 3 aromatic rings. The quantitative estimate of drug-likeness (QED) is 0.776. The van der Waals surface area contributed by atoms with E-state index in [1.165, 1.54) is 12.3 Å². The zero-order valence-electron chi connectivity index (χ0n) is 12.4. The molecule has 1 aromatic carbocycles. The predicted molar refractivity (Wildman–Crippen MR) is 89.7 cm³/mol. The number of aryl methyl sites for hydroxylation is 1. The van der Waals surface area contributed by atoms with Crippen molar-refractivity contribution in [3.8, 4) is 0 Å². The third-order valence-corrected chi connectivity index (χ3v) is 3.85. The maximum Gasteiger partial charge on any atom is 0.262 e. The van der Waals surface area contributed by atoms with E-state index in [9.17, 15) is 9.59 Å². The van der Waals surface area contributed by atoms with Crippen LogP contribution in [0.2, 0.25) is 5.02 Å². The summed E-state index contributed by atoms with van der Waals surface area (Å²) in [5.41, 5.74) is 1.99. The van der Waals surface area contributed by atoms with Crippen LogP contribution in [-0.2, 0) is 6.54 Å². The van der Waals surface area contributed by atoms with Gasteiger partial charge in [-0.05, 0) is 24.6 Å². The monoisotopic (exact) mass is 327 g/mol. The third kappa shape index (κ3) is 3.24. The van der Waals surface area contributed by atoms with Crippen molar-refractivity contribution in [2.75, 3.05) is 0 Å². The van der Waals surface area contributed by atoms with E-state index in [-0.39, 0.29) is 5.56 Å². The predicted octanol–water partition coefficient (Wildman–Crippen LogP) is 2.81. The highest BCUT2D eigenvalue weighted by Gasteiger charge is 2.13. The minimum atomic E-state index is -0.492. The first kappa shape index (κ1) is 15.2. The number of hydrogen-bond acceptors (Lipinski definition) is 3. The highest BCUT2D eigenvalue weighted by atomic mass is 35.5. The molecular formula is C17H14ClN3O2. The molecule has 3 rings (SSSR count). The molecule has 2 heterocycles. The number of halogens is 1. The number of carbonyl (C=O) groups excluding carboxylic acids is 1. The number of carbonyl (C=O) groups is 1. The van der Waals surface area contributed by atoms with Crippen molar-refractivity contribution in [2.45, 2.75) is 13.5 Å². The molecule has 116 valence electrons. The van der Waals surface area contributed by atoms with Crippen LogP contribution in [0.3, 0.4) is 0 Å². The lowest BCUT2D eigenvalue weighted by molar-refractivity contribution is 0.0949. The van der Waals surface area contributed by atoms with E-state index >= 15 is 0 Å². The fourth-order valence-electron chi connectivity index (χ4n) is 2.22. The van der Waals surface area contributed by atoms with Crippen molar-refractivity contribution in [3.05, 3.63) is 74.7 Å². The molecular weight excluding hydrogens is 314 g/mol. The Morgan fingerprint density at radius 1 is 1.26 bits per heavy atom. The molecule has 23 heavy (non-hydrogen) atoms. The SMILES string of the molecule is Cc1ccc(CNC(=O)c2cc3c(Cl)ccnc3[nH]c2=O)cc1. The Morgan fingerprint density at radius 2 is 2.00 bits per heavy atom. The molecule has 0 radical (unpaired) electrons. The number of H-pyrrole nitrogens is 1. The second kappa shape index (κ2) is 6.22. The van der Waals surface area contributed by atoms with Gasteiger partial charge in [0.1, 0.15) is 11.2 Å². The smallest absolute Gasteiger partial charge is 0.262 e. The van der Waals surface area contributed by atoms with Gasteiger partial charge >= 0.3 is 0 Å². The van der Waals surface area contributed by atoms with Crippen LogP contribution in [0.5, 0.6) is 0 Å². The highest BCUT2D eigenvalue weighted by Crippen LogP contribution is 2.19. The van der Waals surface area contributed by atoms with E-state index in [4.69, 9.17) is 11.6 Å². The summed E-state index contributed by atoms with van der Waals surface area (Å²) >= 11 is 6.08. The summed E-state index contributed by atoms with van der Waals surface area (Å²) in [5, 5.41) is 3.70. The number of rotatable bonds is 3. The first-order chi connectivity index (χ1) is 11.0. The van der Waals surface area contributed by atoms with Gasteiger partial charge in [-0.2, -0.15) is 0 Å². The van der Waals surface area contributed by atoms with E-state index in [0.717, 1.165) is 11.1 Å². The largest absolute Gasteiger partial charge is 0.348 e. The van der Waals surface area contributed by atoms with Gasteiger partial charge < -0.3 is 10.3 Å². The lowest BCUT2D eigenvalue weighted by atomic mass is 10.1. The molecule has 0 aliphatic rings. The summed E-state index contributed by atoms with van der Waals surface area (Å²) in [6, 6.07) is 10.9. The molecule has 0 aliphatic heterocycles. The fraction of sp³-hybridized carbons (Fsp3) is 0.118. The summed E-state index contributed by atoms with van der Waals surface area (Å²) in [6.45, 7) is 2.34. The van der Waals surface area contributed by atoms with Gasteiger partial charge in [-0.25, -0.2) is 4.98 Å². The Morgan fingerprint density at radius 3 is 2.74 bits per heavy atom.